The molecule has 1 saturated carbocycles. The third-order valence-corrected chi connectivity index (χ3v) is 10.2. The molecule has 34 heavy (non-hydrogen) atoms. The molecular weight excluding hydrogens is 424 g/mol. The first kappa shape index (κ1) is 25.5. The van der Waals surface area contributed by atoms with E-state index in [-0.39, 0.29) is 10.8 Å². The summed E-state index contributed by atoms with van der Waals surface area (Å²) in [5, 5.41) is 0. The number of allylic oxidation sites excluding steroid dienone is 1. The van der Waals surface area contributed by atoms with Crippen molar-refractivity contribution >= 4 is 14.9 Å². The van der Waals surface area contributed by atoms with Crippen molar-refractivity contribution in [3.63, 3.8) is 0 Å². The number of fused-ring (bicyclic) bond motifs is 1. The molecule has 4 rings (SSSR count). The van der Waals surface area contributed by atoms with Crippen LogP contribution in [0.3, 0.4) is 0 Å². The van der Waals surface area contributed by atoms with Gasteiger partial charge in [0.2, 0.25) is 0 Å². The molecule has 0 bridgehead atoms. The van der Waals surface area contributed by atoms with Crippen LogP contribution in [-0.4, -0.2) is 8.80 Å². The van der Waals surface area contributed by atoms with E-state index in [9.17, 15) is 0 Å². The lowest BCUT2D eigenvalue weighted by Gasteiger charge is -2.36. The molecule has 0 nitrogen and oxygen atoms in total. The number of benzene rings is 2. The molecule has 1 unspecified atom stereocenters. The van der Waals surface area contributed by atoms with Crippen molar-refractivity contribution in [1.29, 1.82) is 0 Å². The van der Waals surface area contributed by atoms with Crippen LogP contribution in [0.4, 0.5) is 0 Å². The van der Waals surface area contributed by atoms with Gasteiger partial charge in [0, 0.05) is 0 Å². The van der Waals surface area contributed by atoms with Gasteiger partial charge in [0.15, 0.2) is 0 Å². The number of hydrogen-bond donors (Lipinski definition) is 0. The van der Waals surface area contributed by atoms with Crippen molar-refractivity contribution in [2.24, 2.45) is 5.41 Å². The summed E-state index contributed by atoms with van der Waals surface area (Å²) in [6.07, 6.45) is 11.0. The van der Waals surface area contributed by atoms with E-state index < -0.39 is 8.80 Å². The summed E-state index contributed by atoms with van der Waals surface area (Å²) < 4.78 is 0. The molecule has 0 N–H and O–H groups in total. The first-order valence-electron chi connectivity index (χ1n) is 13.6. The molecule has 2 aromatic carbocycles. The summed E-state index contributed by atoms with van der Waals surface area (Å²) in [4.78, 5) is 0. The second kappa shape index (κ2) is 9.12. The second-order valence-electron chi connectivity index (χ2n) is 13.9. The van der Waals surface area contributed by atoms with Gasteiger partial charge >= 0.3 is 0 Å². The lowest BCUT2D eigenvalue weighted by Crippen LogP contribution is -2.24. The molecule has 183 valence electrons. The Morgan fingerprint density at radius 1 is 0.853 bits per heavy atom. The maximum atomic E-state index is 2.63. The van der Waals surface area contributed by atoms with Crippen molar-refractivity contribution in [2.45, 2.75) is 116 Å². The Morgan fingerprint density at radius 2 is 1.44 bits per heavy atom. The molecule has 1 fully saturated rings. The highest BCUT2D eigenvalue weighted by Crippen LogP contribution is 2.50. The van der Waals surface area contributed by atoms with Gasteiger partial charge in [0.05, 0.1) is 8.80 Å². The fourth-order valence-corrected chi connectivity index (χ4v) is 8.08. The SMILES string of the molecule is C[Si](C)C1C(CC2(C)CCCCC2)=Cc2c(-c3cc(C(C)(C)C)cc(C(C)(C)C)c3)cccc21. The Labute approximate surface area is 211 Å². The molecule has 0 spiro atoms. The van der Waals surface area contributed by atoms with Crippen LogP contribution < -0.4 is 0 Å². The molecule has 0 aliphatic heterocycles. The largest absolute Gasteiger partial charge is 0.0705 e. The zero-order chi connectivity index (χ0) is 24.9. The summed E-state index contributed by atoms with van der Waals surface area (Å²) in [5.74, 6) is 0. The molecule has 0 saturated heterocycles. The number of hydrogen-bond acceptors (Lipinski definition) is 0. The highest BCUT2D eigenvalue weighted by Gasteiger charge is 2.36. The van der Waals surface area contributed by atoms with E-state index in [0.29, 0.717) is 11.0 Å². The molecule has 2 aliphatic carbocycles. The van der Waals surface area contributed by atoms with E-state index in [0.717, 1.165) is 0 Å². The Bertz CT molecular complexity index is 1030. The van der Waals surface area contributed by atoms with Crippen LogP contribution in [0, 0.1) is 5.41 Å². The van der Waals surface area contributed by atoms with Crippen molar-refractivity contribution in [3.05, 3.63) is 64.2 Å². The van der Waals surface area contributed by atoms with Crippen LogP contribution in [0.25, 0.3) is 17.2 Å². The van der Waals surface area contributed by atoms with Crippen LogP contribution in [0.1, 0.15) is 115 Å². The van der Waals surface area contributed by atoms with E-state index in [2.05, 4.69) is 104 Å². The molecule has 0 amide bonds. The van der Waals surface area contributed by atoms with Gasteiger partial charge in [-0.2, -0.15) is 0 Å². The average molecular weight is 472 g/mol. The van der Waals surface area contributed by atoms with Gasteiger partial charge in [-0.25, -0.2) is 0 Å². The lowest BCUT2D eigenvalue weighted by atomic mass is 9.71. The highest BCUT2D eigenvalue weighted by atomic mass is 28.3. The summed E-state index contributed by atoms with van der Waals surface area (Å²) in [5.41, 5.74) is 12.0. The minimum Gasteiger partial charge on any atom is -0.0705 e. The topological polar surface area (TPSA) is 0 Å². The first-order chi connectivity index (χ1) is 15.8. The maximum Gasteiger partial charge on any atom is 0.0552 e. The van der Waals surface area contributed by atoms with Crippen molar-refractivity contribution < 1.29 is 0 Å². The van der Waals surface area contributed by atoms with Gasteiger partial charge in [-0.05, 0) is 74.4 Å². The predicted molar refractivity (Wildman–Crippen MR) is 153 cm³/mol. The van der Waals surface area contributed by atoms with Crippen molar-refractivity contribution in [1.82, 2.24) is 0 Å². The highest BCUT2D eigenvalue weighted by molar-refractivity contribution is 6.58. The van der Waals surface area contributed by atoms with Gasteiger partial charge in [0.1, 0.15) is 0 Å². The van der Waals surface area contributed by atoms with Crippen LogP contribution in [0.5, 0.6) is 0 Å². The van der Waals surface area contributed by atoms with E-state index in [1.54, 1.807) is 11.1 Å². The molecule has 0 aromatic heterocycles. The van der Waals surface area contributed by atoms with E-state index in [1.807, 2.05) is 0 Å². The molecule has 1 heteroatoms. The Balaban J connectivity index is 1.84. The molecule has 2 aromatic rings. The van der Waals surface area contributed by atoms with Crippen molar-refractivity contribution in [2.75, 3.05) is 0 Å². The smallest absolute Gasteiger partial charge is 0.0552 e. The fraction of sp³-hybridized carbons (Fsp3) is 0.576. The quantitative estimate of drug-likeness (QED) is 0.389. The molecule has 0 heterocycles. The third kappa shape index (κ3) is 5.15. The molecule has 1 radical (unpaired) electrons. The van der Waals surface area contributed by atoms with E-state index >= 15 is 0 Å². The predicted octanol–water partition coefficient (Wildman–Crippen LogP) is 10.1. The third-order valence-electron chi connectivity index (χ3n) is 8.40. The van der Waals surface area contributed by atoms with Gasteiger partial charge in [-0.15, -0.1) is 0 Å². The van der Waals surface area contributed by atoms with E-state index in [4.69, 9.17) is 0 Å². The fourth-order valence-electron chi connectivity index (χ4n) is 6.27. The van der Waals surface area contributed by atoms with E-state index in [1.165, 1.54) is 66.3 Å². The molecule has 2 aliphatic rings. The summed E-state index contributed by atoms with van der Waals surface area (Å²) in [6, 6.07) is 14.5. The zero-order valence-electron chi connectivity index (χ0n) is 23.4. The van der Waals surface area contributed by atoms with Gasteiger partial charge in [0.25, 0.3) is 0 Å². The van der Waals surface area contributed by atoms with Crippen LogP contribution in [0.2, 0.25) is 13.1 Å². The van der Waals surface area contributed by atoms with Gasteiger partial charge in [-0.1, -0.05) is 129 Å². The average Bonchev–Trinajstić information content (AvgIpc) is 3.10. The Kier molecular flexibility index (Phi) is 6.84. The monoisotopic (exact) mass is 471 g/mol. The minimum absolute atomic E-state index is 0.135. The Morgan fingerprint density at radius 3 is 1.97 bits per heavy atom. The van der Waals surface area contributed by atoms with Crippen LogP contribution in [-0.2, 0) is 10.8 Å². The van der Waals surface area contributed by atoms with Gasteiger partial charge in [-0.3, -0.25) is 0 Å². The zero-order valence-corrected chi connectivity index (χ0v) is 24.4. The van der Waals surface area contributed by atoms with Crippen molar-refractivity contribution in [3.8, 4) is 11.1 Å². The Hall–Kier alpha value is -1.60. The standard InChI is InChI=1S/C33H47Si/c1-31(2,3)25-18-23(19-26(21-25)32(4,5)6)27-14-13-15-28-29(27)20-24(30(28)34(8)9)22-33(7)16-11-10-12-17-33/h13-15,18-21,30H,10-12,16-17,22H2,1-9H3. The lowest BCUT2D eigenvalue weighted by molar-refractivity contribution is 0.213. The summed E-state index contributed by atoms with van der Waals surface area (Å²) in [6.45, 7) is 21.7. The first-order valence-corrected chi connectivity index (χ1v) is 16.2. The normalized spacial score (nSPS) is 20.4. The summed E-state index contributed by atoms with van der Waals surface area (Å²) >= 11 is 0. The van der Waals surface area contributed by atoms with Crippen LogP contribution in [0.15, 0.2) is 42.0 Å². The van der Waals surface area contributed by atoms with Crippen LogP contribution >= 0.6 is 0 Å². The minimum atomic E-state index is -0.477. The summed E-state index contributed by atoms with van der Waals surface area (Å²) in [7, 11) is -0.477. The molecule has 1 atom stereocenters. The number of rotatable bonds is 4. The maximum absolute atomic E-state index is 2.63. The molecular formula is C33H47Si. The van der Waals surface area contributed by atoms with Gasteiger partial charge < -0.3 is 0 Å². The second-order valence-corrected chi connectivity index (χ2v) is 16.6.